The zero-order chi connectivity index (χ0) is 19.0. The van der Waals surface area contributed by atoms with Crippen LogP contribution in [0.4, 0.5) is 5.95 Å². The number of nitrogens with zero attached hydrogens (tertiary/aromatic N) is 4. The molecule has 142 valence electrons. The monoisotopic (exact) mass is 365 g/mol. The number of anilines is 1. The molecule has 6 heteroatoms. The molecule has 2 heterocycles. The lowest BCUT2D eigenvalue weighted by atomic mass is 9.85. The van der Waals surface area contributed by atoms with Crippen LogP contribution in [0.1, 0.15) is 66.6 Å². The minimum Gasteiger partial charge on any atom is -0.310 e. The first-order valence-electron chi connectivity index (χ1n) is 9.88. The van der Waals surface area contributed by atoms with Gasteiger partial charge < -0.3 is 4.57 Å². The van der Waals surface area contributed by atoms with Crippen LogP contribution < -0.4 is 5.32 Å². The van der Waals surface area contributed by atoms with Crippen molar-refractivity contribution in [3.05, 3.63) is 41.2 Å². The molecule has 0 saturated heterocycles. The maximum Gasteiger partial charge on any atom is 0.261 e. The van der Waals surface area contributed by atoms with Crippen molar-refractivity contribution >= 4 is 22.9 Å². The Morgan fingerprint density at radius 3 is 2.78 bits per heavy atom. The second-order valence-electron chi connectivity index (χ2n) is 7.56. The van der Waals surface area contributed by atoms with Crippen LogP contribution in [0.3, 0.4) is 0 Å². The fourth-order valence-electron chi connectivity index (χ4n) is 4.18. The van der Waals surface area contributed by atoms with Crippen molar-refractivity contribution in [2.24, 2.45) is 7.05 Å². The van der Waals surface area contributed by atoms with Crippen molar-refractivity contribution < 1.29 is 4.79 Å². The molecule has 2 aromatic heterocycles. The van der Waals surface area contributed by atoms with E-state index in [4.69, 9.17) is 0 Å². The molecule has 0 spiro atoms. The molecule has 3 aromatic rings. The molecule has 1 aliphatic rings. The van der Waals surface area contributed by atoms with E-state index in [9.17, 15) is 4.79 Å². The molecular weight excluding hydrogens is 338 g/mol. The van der Waals surface area contributed by atoms with Gasteiger partial charge in [-0.2, -0.15) is 5.10 Å². The smallest absolute Gasteiger partial charge is 0.261 e. The Morgan fingerprint density at radius 2 is 2.04 bits per heavy atom. The van der Waals surface area contributed by atoms with Crippen LogP contribution in [0, 0.1) is 6.92 Å². The second kappa shape index (κ2) is 7.18. The molecule has 1 amide bonds. The van der Waals surface area contributed by atoms with Crippen LogP contribution in [0.5, 0.6) is 0 Å². The zero-order valence-electron chi connectivity index (χ0n) is 16.3. The molecule has 4 rings (SSSR count). The summed E-state index contributed by atoms with van der Waals surface area (Å²) in [5.41, 5.74) is 4.72. The minimum atomic E-state index is -0.120. The average Bonchev–Trinajstić information content (AvgIpc) is 3.21. The molecule has 1 aliphatic carbocycles. The van der Waals surface area contributed by atoms with Gasteiger partial charge in [0.15, 0.2) is 0 Å². The number of benzene rings is 1. The van der Waals surface area contributed by atoms with E-state index in [1.807, 2.05) is 17.8 Å². The summed E-state index contributed by atoms with van der Waals surface area (Å²) >= 11 is 0. The largest absolute Gasteiger partial charge is 0.310 e. The molecule has 1 aromatic carbocycles. The van der Waals surface area contributed by atoms with Gasteiger partial charge in [-0.3, -0.25) is 14.8 Å². The molecule has 0 bridgehead atoms. The van der Waals surface area contributed by atoms with Gasteiger partial charge in [0, 0.05) is 25.7 Å². The topological polar surface area (TPSA) is 64.7 Å². The molecule has 1 fully saturated rings. The summed E-state index contributed by atoms with van der Waals surface area (Å²) in [4.78, 5) is 17.7. The van der Waals surface area contributed by atoms with Gasteiger partial charge in [0.25, 0.3) is 5.91 Å². The van der Waals surface area contributed by atoms with Gasteiger partial charge in [0.1, 0.15) is 0 Å². The Kier molecular flexibility index (Phi) is 4.72. The fourth-order valence-corrected chi connectivity index (χ4v) is 4.18. The third-order valence-corrected chi connectivity index (χ3v) is 5.54. The summed E-state index contributed by atoms with van der Waals surface area (Å²) in [5.74, 6) is 0.861. The number of amides is 1. The van der Waals surface area contributed by atoms with Crippen molar-refractivity contribution in [3.8, 4) is 0 Å². The molecule has 1 N–H and O–H groups in total. The van der Waals surface area contributed by atoms with E-state index in [0.29, 0.717) is 17.4 Å². The first-order valence-corrected chi connectivity index (χ1v) is 9.88. The fraction of sp³-hybridized carbons (Fsp3) is 0.476. The normalized spacial score (nSPS) is 15.4. The molecule has 6 nitrogen and oxygen atoms in total. The third kappa shape index (κ3) is 3.36. The first kappa shape index (κ1) is 17.8. The molecule has 0 aliphatic heterocycles. The summed E-state index contributed by atoms with van der Waals surface area (Å²) in [6, 6.07) is 6.19. The predicted molar refractivity (Wildman–Crippen MR) is 107 cm³/mol. The lowest BCUT2D eigenvalue weighted by Crippen LogP contribution is -2.18. The SMILES string of the molecule is CCn1c(NC(=O)c2cn(C)nc2C2CCCCC2)nc2cc(C)ccc21. The van der Waals surface area contributed by atoms with E-state index in [-0.39, 0.29) is 5.91 Å². The highest BCUT2D eigenvalue weighted by Gasteiger charge is 2.25. The maximum atomic E-state index is 13.1. The highest BCUT2D eigenvalue weighted by molar-refractivity contribution is 6.05. The number of carbonyl (C=O) groups excluding carboxylic acids is 1. The Hall–Kier alpha value is -2.63. The Bertz CT molecular complexity index is 978. The van der Waals surface area contributed by atoms with E-state index in [1.54, 1.807) is 4.68 Å². The van der Waals surface area contributed by atoms with Gasteiger partial charge in [0.2, 0.25) is 5.95 Å². The highest BCUT2D eigenvalue weighted by Crippen LogP contribution is 2.33. The number of fused-ring (bicyclic) bond motifs is 1. The summed E-state index contributed by atoms with van der Waals surface area (Å²) in [6.07, 6.45) is 7.78. The number of aryl methyl sites for hydroxylation is 3. The maximum absolute atomic E-state index is 13.1. The lowest BCUT2D eigenvalue weighted by molar-refractivity contribution is 0.102. The number of aromatic nitrogens is 4. The van der Waals surface area contributed by atoms with E-state index in [1.165, 1.54) is 19.3 Å². The van der Waals surface area contributed by atoms with Crippen LogP contribution >= 0.6 is 0 Å². The summed E-state index contributed by atoms with van der Waals surface area (Å²) in [7, 11) is 1.88. The number of carbonyl (C=O) groups is 1. The number of rotatable bonds is 4. The Labute approximate surface area is 159 Å². The second-order valence-corrected chi connectivity index (χ2v) is 7.56. The van der Waals surface area contributed by atoms with Crippen LogP contribution in [-0.2, 0) is 13.6 Å². The van der Waals surface area contributed by atoms with Crippen LogP contribution in [0.25, 0.3) is 11.0 Å². The highest BCUT2D eigenvalue weighted by atomic mass is 16.1. The molecular formula is C21H27N5O. The van der Waals surface area contributed by atoms with Gasteiger partial charge in [-0.25, -0.2) is 4.98 Å². The Morgan fingerprint density at radius 1 is 1.26 bits per heavy atom. The van der Waals surface area contributed by atoms with Crippen molar-refractivity contribution in [1.82, 2.24) is 19.3 Å². The lowest BCUT2D eigenvalue weighted by Gasteiger charge is -2.20. The van der Waals surface area contributed by atoms with E-state index >= 15 is 0 Å². The van der Waals surface area contributed by atoms with Gasteiger partial charge in [-0.1, -0.05) is 25.3 Å². The van der Waals surface area contributed by atoms with Crippen molar-refractivity contribution in [2.75, 3.05) is 5.32 Å². The van der Waals surface area contributed by atoms with Crippen molar-refractivity contribution in [1.29, 1.82) is 0 Å². The Balaban J connectivity index is 1.66. The van der Waals surface area contributed by atoms with Crippen molar-refractivity contribution in [3.63, 3.8) is 0 Å². The zero-order valence-corrected chi connectivity index (χ0v) is 16.3. The minimum absolute atomic E-state index is 0.120. The third-order valence-electron chi connectivity index (χ3n) is 5.54. The predicted octanol–water partition coefficient (Wildman–Crippen LogP) is 4.40. The molecule has 0 unspecified atom stereocenters. The van der Waals surface area contributed by atoms with E-state index in [2.05, 4.69) is 47.4 Å². The van der Waals surface area contributed by atoms with Crippen LogP contribution in [-0.4, -0.2) is 25.2 Å². The van der Waals surface area contributed by atoms with Gasteiger partial charge >= 0.3 is 0 Å². The molecule has 0 radical (unpaired) electrons. The number of nitrogens with one attached hydrogen (secondary N) is 1. The summed E-state index contributed by atoms with van der Waals surface area (Å²) in [5, 5.41) is 7.66. The quantitative estimate of drug-likeness (QED) is 0.745. The number of hydrogen-bond acceptors (Lipinski definition) is 3. The van der Waals surface area contributed by atoms with E-state index in [0.717, 1.165) is 41.7 Å². The average molecular weight is 365 g/mol. The number of hydrogen-bond donors (Lipinski definition) is 1. The van der Waals surface area contributed by atoms with E-state index < -0.39 is 0 Å². The van der Waals surface area contributed by atoms with Crippen LogP contribution in [0.15, 0.2) is 24.4 Å². The standard InChI is InChI=1S/C21H27N5O/c1-4-26-18-11-10-14(2)12-17(18)22-21(26)23-20(27)16-13-25(3)24-19(16)15-8-6-5-7-9-15/h10-13,15H,4-9H2,1-3H3,(H,22,23,27). The van der Waals surface area contributed by atoms with Gasteiger partial charge in [-0.15, -0.1) is 0 Å². The van der Waals surface area contributed by atoms with Crippen LogP contribution in [0.2, 0.25) is 0 Å². The van der Waals surface area contributed by atoms with Gasteiger partial charge in [0.05, 0.1) is 22.3 Å². The molecule has 27 heavy (non-hydrogen) atoms. The van der Waals surface area contributed by atoms with Crippen molar-refractivity contribution in [2.45, 2.75) is 58.4 Å². The van der Waals surface area contributed by atoms with Gasteiger partial charge in [-0.05, 0) is 44.4 Å². The number of imidazole rings is 1. The first-order chi connectivity index (χ1) is 13.1. The summed E-state index contributed by atoms with van der Waals surface area (Å²) < 4.78 is 3.80. The summed E-state index contributed by atoms with van der Waals surface area (Å²) in [6.45, 7) is 4.86. The molecule has 1 saturated carbocycles. The molecule has 0 atom stereocenters.